The second-order valence-corrected chi connectivity index (χ2v) is 4.43. The van der Waals surface area contributed by atoms with E-state index in [1.807, 2.05) is 13.8 Å². The predicted octanol–water partition coefficient (Wildman–Crippen LogP) is 2.05. The molecule has 0 fully saturated rings. The molecule has 18 heavy (non-hydrogen) atoms. The maximum Gasteiger partial charge on any atom is 0.305 e. The topological polar surface area (TPSA) is 66.4 Å². The van der Waals surface area contributed by atoms with Crippen molar-refractivity contribution in [2.24, 2.45) is 5.92 Å². The normalized spacial score (nSPS) is 12.2. The Morgan fingerprint density at radius 3 is 2.56 bits per heavy atom. The van der Waals surface area contributed by atoms with Crippen molar-refractivity contribution in [3.63, 3.8) is 0 Å². The van der Waals surface area contributed by atoms with Gasteiger partial charge in [0.05, 0.1) is 6.42 Å². The van der Waals surface area contributed by atoms with Crippen LogP contribution >= 0.6 is 0 Å². The average molecular weight is 253 g/mol. The minimum atomic E-state index is -0.978. The third kappa shape index (κ3) is 4.16. The fourth-order valence-corrected chi connectivity index (χ4v) is 1.52. The Bertz CT molecular complexity index is 446. The van der Waals surface area contributed by atoms with Crippen LogP contribution < -0.4 is 5.32 Å². The molecular weight excluding hydrogens is 237 g/mol. The van der Waals surface area contributed by atoms with Crippen molar-refractivity contribution in [1.29, 1.82) is 0 Å². The molecule has 0 aliphatic heterocycles. The number of aliphatic carboxylic acids is 1. The first-order chi connectivity index (χ1) is 8.40. The van der Waals surface area contributed by atoms with Gasteiger partial charge in [0.15, 0.2) is 0 Å². The monoisotopic (exact) mass is 253 g/mol. The van der Waals surface area contributed by atoms with Crippen LogP contribution in [0.3, 0.4) is 0 Å². The summed E-state index contributed by atoms with van der Waals surface area (Å²) in [4.78, 5) is 22.5. The summed E-state index contributed by atoms with van der Waals surface area (Å²) in [5.74, 6) is -1.96. The molecule has 4 nitrogen and oxygen atoms in total. The molecule has 1 atom stereocenters. The van der Waals surface area contributed by atoms with Crippen LogP contribution in [0.5, 0.6) is 0 Å². The number of amides is 1. The molecule has 0 spiro atoms. The number of carbonyl (C=O) groups is 2. The van der Waals surface area contributed by atoms with Gasteiger partial charge in [-0.05, 0) is 24.1 Å². The van der Waals surface area contributed by atoms with Gasteiger partial charge in [0.2, 0.25) is 0 Å². The van der Waals surface area contributed by atoms with Gasteiger partial charge in [0, 0.05) is 11.6 Å². The summed E-state index contributed by atoms with van der Waals surface area (Å²) in [7, 11) is 0. The second kappa shape index (κ2) is 6.14. The number of halogens is 1. The van der Waals surface area contributed by atoms with Gasteiger partial charge in [0.25, 0.3) is 5.91 Å². The molecule has 5 heteroatoms. The zero-order chi connectivity index (χ0) is 13.7. The highest BCUT2D eigenvalue weighted by Gasteiger charge is 2.20. The quantitative estimate of drug-likeness (QED) is 0.844. The van der Waals surface area contributed by atoms with Gasteiger partial charge in [-0.1, -0.05) is 19.9 Å². The third-order valence-electron chi connectivity index (χ3n) is 2.60. The van der Waals surface area contributed by atoms with E-state index >= 15 is 0 Å². The minimum Gasteiger partial charge on any atom is -0.481 e. The number of benzene rings is 1. The van der Waals surface area contributed by atoms with Gasteiger partial charge < -0.3 is 10.4 Å². The SMILES string of the molecule is CC(C)C(CC(=O)O)NC(=O)c1cccc(F)c1. The lowest BCUT2D eigenvalue weighted by atomic mass is 10.0. The van der Waals surface area contributed by atoms with E-state index in [4.69, 9.17) is 5.11 Å². The highest BCUT2D eigenvalue weighted by Crippen LogP contribution is 2.09. The summed E-state index contributed by atoms with van der Waals surface area (Å²) >= 11 is 0. The number of nitrogens with one attached hydrogen (secondary N) is 1. The molecule has 1 aromatic rings. The summed E-state index contributed by atoms with van der Waals surface area (Å²) in [5.41, 5.74) is 0.186. The van der Waals surface area contributed by atoms with Crippen LogP contribution in [0.2, 0.25) is 0 Å². The smallest absolute Gasteiger partial charge is 0.305 e. The van der Waals surface area contributed by atoms with Gasteiger partial charge in [-0.2, -0.15) is 0 Å². The van der Waals surface area contributed by atoms with E-state index < -0.39 is 23.7 Å². The molecule has 0 saturated heterocycles. The van der Waals surface area contributed by atoms with E-state index in [1.54, 1.807) is 0 Å². The molecule has 1 amide bonds. The first kappa shape index (κ1) is 14.2. The van der Waals surface area contributed by atoms with Crippen LogP contribution in [0.25, 0.3) is 0 Å². The fraction of sp³-hybridized carbons (Fsp3) is 0.385. The Morgan fingerprint density at radius 2 is 2.06 bits per heavy atom. The molecule has 0 aromatic heterocycles. The first-order valence-electron chi connectivity index (χ1n) is 5.68. The Balaban J connectivity index is 2.75. The molecule has 1 rings (SSSR count). The molecule has 1 aromatic carbocycles. The molecule has 1 unspecified atom stereocenters. The lowest BCUT2D eigenvalue weighted by Crippen LogP contribution is -2.40. The van der Waals surface area contributed by atoms with E-state index in [0.717, 1.165) is 6.07 Å². The Kier molecular flexibility index (Phi) is 4.83. The molecule has 0 bridgehead atoms. The maximum atomic E-state index is 13.0. The Hall–Kier alpha value is -1.91. The van der Waals surface area contributed by atoms with Crippen molar-refractivity contribution in [2.75, 3.05) is 0 Å². The third-order valence-corrected chi connectivity index (χ3v) is 2.60. The molecule has 0 aliphatic rings. The van der Waals surface area contributed by atoms with Crippen molar-refractivity contribution >= 4 is 11.9 Å². The minimum absolute atomic E-state index is 0.0152. The summed E-state index contributed by atoms with van der Waals surface area (Å²) in [6.45, 7) is 3.64. The van der Waals surface area contributed by atoms with E-state index in [0.29, 0.717) is 0 Å². The average Bonchev–Trinajstić information content (AvgIpc) is 2.27. The number of rotatable bonds is 5. The van der Waals surface area contributed by atoms with Crippen molar-refractivity contribution in [3.05, 3.63) is 35.6 Å². The molecule has 2 N–H and O–H groups in total. The van der Waals surface area contributed by atoms with E-state index in [2.05, 4.69) is 5.32 Å². The van der Waals surface area contributed by atoms with Gasteiger partial charge in [-0.3, -0.25) is 9.59 Å². The standard InChI is InChI=1S/C13H16FNO3/c1-8(2)11(7-12(16)17)15-13(18)9-4-3-5-10(14)6-9/h3-6,8,11H,7H2,1-2H3,(H,15,18)(H,16,17). The predicted molar refractivity (Wildman–Crippen MR) is 64.7 cm³/mol. The largest absolute Gasteiger partial charge is 0.481 e. The Labute approximate surface area is 105 Å². The van der Waals surface area contributed by atoms with Gasteiger partial charge >= 0.3 is 5.97 Å². The number of carboxylic acid groups (broad SMARTS) is 1. The van der Waals surface area contributed by atoms with Crippen LogP contribution in [0.1, 0.15) is 30.6 Å². The molecular formula is C13H16FNO3. The molecule has 0 heterocycles. The van der Waals surface area contributed by atoms with Gasteiger partial charge in [0.1, 0.15) is 5.82 Å². The fourth-order valence-electron chi connectivity index (χ4n) is 1.52. The number of hydrogen-bond donors (Lipinski definition) is 2. The number of carboxylic acids is 1. The Morgan fingerprint density at radius 1 is 1.39 bits per heavy atom. The maximum absolute atomic E-state index is 13.0. The highest BCUT2D eigenvalue weighted by molar-refractivity contribution is 5.94. The number of hydrogen-bond acceptors (Lipinski definition) is 2. The molecule has 0 radical (unpaired) electrons. The van der Waals surface area contributed by atoms with Crippen LogP contribution in [-0.2, 0) is 4.79 Å². The van der Waals surface area contributed by atoms with Crippen molar-refractivity contribution in [3.8, 4) is 0 Å². The van der Waals surface area contributed by atoms with E-state index in [-0.39, 0.29) is 17.9 Å². The van der Waals surface area contributed by atoms with Crippen molar-refractivity contribution < 1.29 is 19.1 Å². The zero-order valence-corrected chi connectivity index (χ0v) is 10.3. The van der Waals surface area contributed by atoms with Crippen LogP contribution in [-0.4, -0.2) is 23.0 Å². The van der Waals surface area contributed by atoms with Crippen LogP contribution in [0.15, 0.2) is 24.3 Å². The van der Waals surface area contributed by atoms with Crippen molar-refractivity contribution in [1.82, 2.24) is 5.32 Å². The molecule has 98 valence electrons. The van der Waals surface area contributed by atoms with Crippen molar-refractivity contribution in [2.45, 2.75) is 26.3 Å². The summed E-state index contributed by atoms with van der Waals surface area (Å²) in [5, 5.41) is 11.4. The van der Waals surface area contributed by atoms with Crippen LogP contribution in [0, 0.1) is 11.7 Å². The molecule has 0 aliphatic carbocycles. The lowest BCUT2D eigenvalue weighted by molar-refractivity contribution is -0.137. The first-order valence-corrected chi connectivity index (χ1v) is 5.68. The van der Waals surface area contributed by atoms with Crippen LogP contribution in [0.4, 0.5) is 4.39 Å². The van der Waals surface area contributed by atoms with Gasteiger partial charge in [-0.15, -0.1) is 0 Å². The summed E-state index contributed by atoms with van der Waals surface area (Å²) < 4.78 is 13.0. The number of carbonyl (C=O) groups excluding carboxylic acids is 1. The van der Waals surface area contributed by atoms with E-state index in [1.165, 1.54) is 18.2 Å². The highest BCUT2D eigenvalue weighted by atomic mass is 19.1. The summed E-state index contributed by atoms with van der Waals surface area (Å²) in [6, 6.07) is 4.81. The lowest BCUT2D eigenvalue weighted by Gasteiger charge is -2.20. The summed E-state index contributed by atoms with van der Waals surface area (Å²) in [6.07, 6.45) is -0.154. The molecule has 0 saturated carbocycles. The van der Waals surface area contributed by atoms with Gasteiger partial charge in [-0.25, -0.2) is 4.39 Å². The zero-order valence-electron chi connectivity index (χ0n) is 10.3. The van der Waals surface area contributed by atoms with E-state index in [9.17, 15) is 14.0 Å². The second-order valence-electron chi connectivity index (χ2n) is 4.43.